The van der Waals surface area contributed by atoms with E-state index in [1.807, 2.05) is 0 Å². The van der Waals surface area contributed by atoms with Crippen LogP contribution in [0.15, 0.2) is 18.5 Å². The van der Waals surface area contributed by atoms with E-state index < -0.39 is 24.2 Å². The average molecular weight is 302 g/mol. The highest BCUT2D eigenvalue weighted by atomic mass is 19.4. The molecule has 1 aromatic rings. The lowest BCUT2D eigenvalue weighted by atomic mass is 10.2. The van der Waals surface area contributed by atoms with Crippen molar-refractivity contribution in [2.24, 2.45) is 0 Å². The summed E-state index contributed by atoms with van der Waals surface area (Å²) < 4.78 is 78.6. The minimum atomic E-state index is -5.54. The molecule has 0 spiro atoms. The van der Waals surface area contributed by atoms with E-state index in [1.54, 1.807) is 6.92 Å². The van der Waals surface area contributed by atoms with Gasteiger partial charge in [-0.05, 0) is 12.6 Å². The molecule has 9 heteroatoms. The standard InChI is InChI=1S/C11H12F6N2O/c1-2-18-5-7-6-19-4-3-8(7)20-9(10(12,13)14)11(15,16)17/h3-4,6,9,18H,2,5H2,1H3. The van der Waals surface area contributed by atoms with E-state index in [2.05, 4.69) is 15.0 Å². The van der Waals surface area contributed by atoms with Crippen molar-refractivity contribution in [3.05, 3.63) is 24.0 Å². The van der Waals surface area contributed by atoms with Crippen LogP contribution < -0.4 is 10.1 Å². The lowest BCUT2D eigenvalue weighted by Gasteiger charge is -2.24. The topological polar surface area (TPSA) is 34.2 Å². The molecule has 1 N–H and O–H groups in total. The van der Waals surface area contributed by atoms with Crippen LogP contribution in [0, 0.1) is 0 Å². The second-order valence-electron chi connectivity index (χ2n) is 3.84. The van der Waals surface area contributed by atoms with Crippen molar-refractivity contribution >= 4 is 0 Å². The Morgan fingerprint density at radius 2 is 1.80 bits per heavy atom. The Morgan fingerprint density at radius 3 is 2.30 bits per heavy atom. The zero-order valence-electron chi connectivity index (χ0n) is 10.3. The predicted octanol–water partition coefficient (Wildman–Crippen LogP) is 3.06. The molecule has 0 atom stereocenters. The number of pyridine rings is 1. The van der Waals surface area contributed by atoms with Crippen molar-refractivity contribution < 1.29 is 31.1 Å². The van der Waals surface area contributed by atoms with Gasteiger partial charge in [-0.3, -0.25) is 4.98 Å². The van der Waals surface area contributed by atoms with Crippen molar-refractivity contribution in [3.63, 3.8) is 0 Å². The van der Waals surface area contributed by atoms with Crippen molar-refractivity contribution in [2.75, 3.05) is 6.54 Å². The van der Waals surface area contributed by atoms with Gasteiger partial charge in [0.25, 0.3) is 6.10 Å². The monoisotopic (exact) mass is 302 g/mol. The summed E-state index contributed by atoms with van der Waals surface area (Å²) in [5, 5.41) is 2.77. The maximum absolute atomic E-state index is 12.4. The van der Waals surface area contributed by atoms with E-state index in [4.69, 9.17) is 0 Å². The van der Waals surface area contributed by atoms with Crippen LogP contribution in [0.1, 0.15) is 12.5 Å². The van der Waals surface area contributed by atoms with Gasteiger partial charge in [0.1, 0.15) is 5.75 Å². The highest BCUT2D eigenvalue weighted by Crippen LogP contribution is 2.37. The minimum Gasteiger partial charge on any atom is -0.471 e. The molecule has 0 aliphatic carbocycles. The highest BCUT2D eigenvalue weighted by Gasteiger charge is 2.59. The Hall–Kier alpha value is -1.51. The second kappa shape index (κ2) is 6.29. The fraction of sp³-hybridized carbons (Fsp3) is 0.545. The van der Waals surface area contributed by atoms with E-state index >= 15 is 0 Å². The van der Waals surface area contributed by atoms with Crippen molar-refractivity contribution in [3.8, 4) is 5.75 Å². The maximum atomic E-state index is 12.4. The van der Waals surface area contributed by atoms with Crippen LogP contribution >= 0.6 is 0 Å². The van der Waals surface area contributed by atoms with E-state index in [-0.39, 0.29) is 12.1 Å². The first-order chi connectivity index (χ1) is 9.16. The SMILES string of the molecule is CCNCc1cnccc1OC(C(F)(F)F)C(F)(F)F. The first-order valence-corrected chi connectivity index (χ1v) is 5.60. The molecule has 0 saturated heterocycles. The molecular formula is C11H12F6N2O. The summed E-state index contributed by atoms with van der Waals surface area (Å²) in [5.74, 6) is -0.499. The van der Waals surface area contributed by atoms with Crippen LogP contribution in [-0.2, 0) is 6.54 Å². The molecule has 1 aromatic heterocycles. The maximum Gasteiger partial charge on any atom is 0.434 e. The number of aromatic nitrogens is 1. The third-order valence-corrected chi connectivity index (χ3v) is 2.26. The molecule has 0 fully saturated rings. The van der Waals surface area contributed by atoms with Gasteiger partial charge in [0.15, 0.2) is 0 Å². The van der Waals surface area contributed by atoms with E-state index in [1.165, 1.54) is 0 Å². The Balaban J connectivity index is 3.00. The summed E-state index contributed by atoms with van der Waals surface area (Å²) in [4.78, 5) is 3.65. The third kappa shape index (κ3) is 4.55. The van der Waals surface area contributed by atoms with Crippen molar-refractivity contribution in [1.29, 1.82) is 0 Å². The number of halogens is 6. The molecule has 0 aliphatic heterocycles. The lowest BCUT2D eigenvalue weighted by molar-refractivity contribution is -0.300. The van der Waals surface area contributed by atoms with Gasteiger partial charge in [0, 0.05) is 24.5 Å². The molecule has 114 valence electrons. The fourth-order valence-electron chi connectivity index (χ4n) is 1.37. The first-order valence-electron chi connectivity index (χ1n) is 5.60. The van der Waals surface area contributed by atoms with Gasteiger partial charge in [-0.1, -0.05) is 6.92 Å². The van der Waals surface area contributed by atoms with E-state index in [9.17, 15) is 26.3 Å². The van der Waals surface area contributed by atoms with Crippen LogP contribution in [0.5, 0.6) is 5.75 Å². The zero-order chi connectivity index (χ0) is 15.4. The summed E-state index contributed by atoms with van der Waals surface area (Å²) in [6.45, 7) is 2.30. The van der Waals surface area contributed by atoms with Crippen LogP contribution in [-0.4, -0.2) is 30.0 Å². The molecule has 0 saturated carbocycles. The molecule has 0 aliphatic rings. The Bertz CT molecular complexity index is 418. The second-order valence-corrected chi connectivity index (χ2v) is 3.84. The molecule has 20 heavy (non-hydrogen) atoms. The third-order valence-electron chi connectivity index (χ3n) is 2.26. The lowest BCUT2D eigenvalue weighted by Crippen LogP contribution is -2.46. The highest BCUT2D eigenvalue weighted by molar-refractivity contribution is 5.30. The van der Waals surface area contributed by atoms with Gasteiger partial charge in [-0.25, -0.2) is 0 Å². The molecule has 0 unspecified atom stereocenters. The molecule has 0 aromatic carbocycles. The summed E-state index contributed by atoms with van der Waals surface area (Å²) in [6.07, 6.45) is -12.7. The summed E-state index contributed by atoms with van der Waals surface area (Å²) >= 11 is 0. The molecular weight excluding hydrogens is 290 g/mol. The zero-order valence-corrected chi connectivity index (χ0v) is 10.3. The molecule has 0 amide bonds. The van der Waals surface area contributed by atoms with Gasteiger partial charge in [-0.2, -0.15) is 26.3 Å². The van der Waals surface area contributed by atoms with Crippen molar-refractivity contribution in [1.82, 2.24) is 10.3 Å². The van der Waals surface area contributed by atoms with Crippen LogP contribution in [0.25, 0.3) is 0 Å². The summed E-state index contributed by atoms with van der Waals surface area (Å²) in [5.41, 5.74) is 0.118. The van der Waals surface area contributed by atoms with Gasteiger partial charge in [-0.15, -0.1) is 0 Å². The molecule has 0 bridgehead atoms. The smallest absolute Gasteiger partial charge is 0.434 e. The minimum absolute atomic E-state index is 0.0576. The Kier molecular flexibility index (Phi) is 5.21. The van der Waals surface area contributed by atoms with Crippen LogP contribution in [0.3, 0.4) is 0 Å². The number of rotatable bonds is 5. The van der Waals surface area contributed by atoms with Gasteiger partial charge < -0.3 is 10.1 Å². The average Bonchev–Trinajstić information content (AvgIpc) is 2.31. The Morgan fingerprint density at radius 1 is 1.20 bits per heavy atom. The molecule has 1 rings (SSSR count). The number of nitrogens with zero attached hydrogens (tertiary/aromatic N) is 1. The van der Waals surface area contributed by atoms with Crippen LogP contribution in [0.4, 0.5) is 26.3 Å². The summed E-state index contributed by atoms with van der Waals surface area (Å²) in [7, 11) is 0. The molecule has 3 nitrogen and oxygen atoms in total. The van der Waals surface area contributed by atoms with Gasteiger partial charge >= 0.3 is 12.4 Å². The number of ether oxygens (including phenoxy) is 1. The number of nitrogens with one attached hydrogen (secondary N) is 1. The van der Waals surface area contributed by atoms with Crippen molar-refractivity contribution in [2.45, 2.75) is 31.9 Å². The largest absolute Gasteiger partial charge is 0.471 e. The van der Waals surface area contributed by atoms with Crippen LogP contribution in [0.2, 0.25) is 0 Å². The van der Waals surface area contributed by atoms with E-state index in [0.29, 0.717) is 6.54 Å². The predicted molar refractivity (Wildman–Crippen MR) is 58.1 cm³/mol. The number of alkyl halides is 6. The molecule has 0 radical (unpaired) electrons. The fourth-order valence-corrected chi connectivity index (χ4v) is 1.37. The number of hydrogen-bond acceptors (Lipinski definition) is 3. The van der Waals surface area contributed by atoms with Gasteiger partial charge in [0.05, 0.1) is 0 Å². The molecule has 1 heterocycles. The summed E-state index contributed by atoms with van der Waals surface area (Å²) in [6, 6.07) is 0.969. The normalized spacial score (nSPS) is 12.8. The van der Waals surface area contributed by atoms with E-state index in [0.717, 1.165) is 18.5 Å². The Labute approximate surface area is 110 Å². The quantitative estimate of drug-likeness (QED) is 0.849. The first kappa shape index (κ1) is 16.5. The number of hydrogen-bond donors (Lipinski definition) is 1. The van der Waals surface area contributed by atoms with Gasteiger partial charge in [0.2, 0.25) is 0 Å².